The fourth-order valence-electron chi connectivity index (χ4n) is 3.95. The number of fused-ring (bicyclic) bond motifs is 2. The van der Waals surface area contributed by atoms with Crippen LogP contribution >= 0.6 is 12.4 Å². The number of imide groups is 1. The van der Waals surface area contributed by atoms with Gasteiger partial charge in [-0.3, -0.25) is 19.3 Å². The highest BCUT2D eigenvalue weighted by molar-refractivity contribution is 6.49. The van der Waals surface area contributed by atoms with Crippen molar-refractivity contribution in [3.63, 3.8) is 0 Å². The van der Waals surface area contributed by atoms with Gasteiger partial charge in [0.05, 0.1) is 23.0 Å². The summed E-state index contributed by atoms with van der Waals surface area (Å²) in [5, 5.41) is 12.6. The van der Waals surface area contributed by atoms with Crippen molar-refractivity contribution in [1.82, 2.24) is 19.3 Å². The van der Waals surface area contributed by atoms with Crippen LogP contribution in [-0.4, -0.2) is 37.5 Å². The number of hydrogen-bond acceptors (Lipinski definition) is 4. The molecule has 0 bridgehead atoms. The van der Waals surface area contributed by atoms with E-state index in [1.54, 1.807) is 10.6 Å². The van der Waals surface area contributed by atoms with Crippen LogP contribution in [0.1, 0.15) is 17.7 Å². The van der Waals surface area contributed by atoms with Crippen molar-refractivity contribution in [1.29, 1.82) is 0 Å². The van der Waals surface area contributed by atoms with Gasteiger partial charge in [-0.2, -0.15) is 0 Å². The van der Waals surface area contributed by atoms with Gasteiger partial charge in [0, 0.05) is 42.0 Å². The zero-order valence-electron chi connectivity index (χ0n) is 15.9. The molecular weight excluding hydrogens is 404 g/mol. The Morgan fingerprint density at radius 1 is 1.00 bits per heavy atom. The van der Waals surface area contributed by atoms with Crippen molar-refractivity contribution < 1.29 is 14.7 Å². The maximum Gasteiger partial charge on any atom is 0.261 e. The summed E-state index contributed by atoms with van der Waals surface area (Å²) in [5.41, 5.74) is 3.59. The number of carbonyl (C=O) groups excluding carboxylic acids is 2. The smallest absolute Gasteiger partial charge is 0.261 e. The molecule has 2 N–H and O–H groups in total. The van der Waals surface area contributed by atoms with E-state index in [2.05, 4.69) is 10.3 Å². The quantitative estimate of drug-likeness (QED) is 0.484. The van der Waals surface area contributed by atoms with Gasteiger partial charge < -0.3 is 9.67 Å². The number of nitrogens with zero attached hydrogens (tertiary/aromatic N) is 3. The maximum atomic E-state index is 12.8. The lowest BCUT2D eigenvalue weighted by Crippen LogP contribution is -2.23. The van der Waals surface area contributed by atoms with Gasteiger partial charge in [0.1, 0.15) is 5.65 Å². The summed E-state index contributed by atoms with van der Waals surface area (Å²) in [7, 11) is 0. The minimum Gasteiger partial charge on any atom is -0.396 e. The number of aliphatic hydroxyl groups is 1. The Labute approximate surface area is 178 Å². The van der Waals surface area contributed by atoms with Gasteiger partial charge in [-0.25, -0.2) is 4.98 Å². The largest absolute Gasteiger partial charge is 0.396 e. The number of para-hydroxylation sites is 1. The molecule has 30 heavy (non-hydrogen) atoms. The molecule has 4 aromatic rings. The standard InChI is InChI=1S/C22H18N4O3.ClH/c27-11-5-9-25-13-15(14-6-1-2-7-16(14)25)19-20(22(29)24-21(19)28)17-12-23-18-8-3-4-10-26(17)18;/h1-4,6-8,10,12-13,27H,5,9,11H2,(H,24,28,29);1H. The molecule has 1 aliphatic heterocycles. The number of nitrogens with one attached hydrogen (secondary N) is 1. The molecule has 0 atom stereocenters. The molecule has 5 rings (SSSR count). The van der Waals surface area contributed by atoms with E-state index in [-0.39, 0.29) is 19.0 Å². The van der Waals surface area contributed by atoms with Gasteiger partial charge in [0.2, 0.25) is 0 Å². The molecular formula is C22H19ClN4O3. The highest BCUT2D eigenvalue weighted by Gasteiger charge is 2.35. The topological polar surface area (TPSA) is 88.6 Å². The van der Waals surface area contributed by atoms with E-state index in [0.717, 1.165) is 10.9 Å². The van der Waals surface area contributed by atoms with Crippen LogP contribution in [0.4, 0.5) is 0 Å². The molecule has 1 aromatic carbocycles. The average molecular weight is 423 g/mol. The van der Waals surface area contributed by atoms with Gasteiger partial charge >= 0.3 is 0 Å². The first-order valence-electron chi connectivity index (χ1n) is 9.40. The van der Waals surface area contributed by atoms with E-state index in [1.165, 1.54) is 0 Å². The molecule has 3 aromatic heterocycles. The summed E-state index contributed by atoms with van der Waals surface area (Å²) in [6.07, 6.45) is 5.93. The molecule has 0 saturated carbocycles. The van der Waals surface area contributed by atoms with Crippen LogP contribution < -0.4 is 5.32 Å². The Kier molecular flexibility index (Phi) is 5.15. The third-order valence-corrected chi connectivity index (χ3v) is 5.22. The molecule has 1 aliphatic rings. The summed E-state index contributed by atoms with van der Waals surface area (Å²) >= 11 is 0. The fourth-order valence-corrected chi connectivity index (χ4v) is 3.95. The van der Waals surface area contributed by atoms with Crippen LogP contribution in [0.2, 0.25) is 0 Å². The predicted octanol–water partition coefficient (Wildman–Crippen LogP) is 2.66. The molecule has 7 nitrogen and oxygen atoms in total. The summed E-state index contributed by atoms with van der Waals surface area (Å²) in [6.45, 7) is 0.696. The summed E-state index contributed by atoms with van der Waals surface area (Å²) in [6, 6.07) is 13.3. The minimum atomic E-state index is -0.428. The number of pyridine rings is 1. The molecule has 4 heterocycles. The van der Waals surface area contributed by atoms with Gasteiger partial charge in [-0.15, -0.1) is 12.4 Å². The van der Waals surface area contributed by atoms with Crippen molar-refractivity contribution in [2.75, 3.05) is 6.61 Å². The second-order valence-electron chi connectivity index (χ2n) is 6.94. The van der Waals surface area contributed by atoms with Crippen molar-refractivity contribution in [2.24, 2.45) is 0 Å². The van der Waals surface area contributed by atoms with Crippen molar-refractivity contribution >= 4 is 51.9 Å². The molecule has 0 fully saturated rings. The lowest BCUT2D eigenvalue weighted by Gasteiger charge is -2.04. The monoisotopic (exact) mass is 422 g/mol. The van der Waals surface area contributed by atoms with Crippen molar-refractivity contribution in [2.45, 2.75) is 13.0 Å². The molecule has 0 saturated heterocycles. The molecule has 2 amide bonds. The van der Waals surface area contributed by atoms with Gasteiger partial charge in [-0.05, 0) is 24.6 Å². The number of aryl methyl sites for hydroxylation is 1. The van der Waals surface area contributed by atoms with Crippen LogP contribution in [0, 0.1) is 0 Å². The van der Waals surface area contributed by atoms with E-state index < -0.39 is 11.8 Å². The van der Waals surface area contributed by atoms with Gasteiger partial charge in [-0.1, -0.05) is 24.3 Å². The molecule has 0 aliphatic carbocycles. The van der Waals surface area contributed by atoms with Crippen LogP contribution in [0.5, 0.6) is 0 Å². The SMILES string of the molecule is Cl.O=C1NC(=O)C(c2cnc3ccccn23)=C1c1cn(CCCO)c2ccccc12. The molecule has 0 radical (unpaired) electrons. The van der Waals surface area contributed by atoms with Crippen LogP contribution in [0.25, 0.3) is 27.7 Å². The number of halogens is 1. The van der Waals surface area contributed by atoms with Crippen LogP contribution in [0.3, 0.4) is 0 Å². The van der Waals surface area contributed by atoms with E-state index in [4.69, 9.17) is 0 Å². The first kappa shape index (κ1) is 19.9. The van der Waals surface area contributed by atoms with Gasteiger partial charge in [0.15, 0.2) is 0 Å². The Morgan fingerprint density at radius 2 is 1.77 bits per heavy atom. The van der Waals surface area contributed by atoms with Crippen molar-refractivity contribution in [3.05, 3.63) is 72.3 Å². The second-order valence-corrected chi connectivity index (χ2v) is 6.94. The number of aromatic nitrogens is 3. The molecule has 8 heteroatoms. The van der Waals surface area contributed by atoms with Crippen LogP contribution in [-0.2, 0) is 16.1 Å². The van der Waals surface area contributed by atoms with Crippen LogP contribution in [0.15, 0.2) is 61.1 Å². The Balaban J connectivity index is 0.00000218. The number of hydrogen-bond donors (Lipinski definition) is 2. The second kappa shape index (κ2) is 7.78. The Morgan fingerprint density at radius 3 is 2.60 bits per heavy atom. The lowest BCUT2D eigenvalue weighted by molar-refractivity contribution is -0.122. The van der Waals surface area contributed by atoms with Gasteiger partial charge in [0.25, 0.3) is 11.8 Å². The third kappa shape index (κ3) is 2.99. The maximum absolute atomic E-state index is 12.8. The number of imidazole rings is 1. The molecule has 152 valence electrons. The number of benzene rings is 1. The zero-order valence-corrected chi connectivity index (χ0v) is 16.7. The number of carbonyl (C=O) groups is 2. The van der Waals surface area contributed by atoms with Crippen molar-refractivity contribution in [3.8, 4) is 0 Å². The molecule has 0 unspecified atom stereocenters. The Bertz CT molecular complexity index is 1320. The first-order valence-corrected chi connectivity index (χ1v) is 9.40. The summed E-state index contributed by atoms with van der Waals surface area (Å²) in [5.74, 6) is -0.844. The zero-order chi connectivity index (χ0) is 20.0. The van der Waals surface area contributed by atoms with E-state index >= 15 is 0 Å². The summed E-state index contributed by atoms with van der Waals surface area (Å²) < 4.78 is 3.81. The van der Waals surface area contributed by atoms with E-state index in [0.29, 0.717) is 41.0 Å². The third-order valence-electron chi connectivity index (χ3n) is 5.22. The summed E-state index contributed by atoms with van der Waals surface area (Å²) in [4.78, 5) is 29.9. The fraction of sp³-hybridized carbons (Fsp3) is 0.136. The lowest BCUT2D eigenvalue weighted by atomic mass is 9.99. The normalized spacial score (nSPS) is 13.9. The van der Waals surface area contributed by atoms with E-state index in [9.17, 15) is 14.7 Å². The average Bonchev–Trinajstić information content (AvgIpc) is 3.39. The Hall–Kier alpha value is -3.42. The van der Waals surface area contributed by atoms with E-state index in [1.807, 2.05) is 59.4 Å². The highest BCUT2D eigenvalue weighted by atomic mass is 35.5. The first-order chi connectivity index (χ1) is 14.2. The highest BCUT2D eigenvalue weighted by Crippen LogP contribution is 2.36. The minimum absolute atomic E-state index is 0. The predicted molar refractivity (Wildman–Crippen MR) is 116 cm³/mol. The molecule has 0 spiro atoms. The number of amides is 2. The number of aliphatic hydroxyl groups excluding tert-OH is 1. The number of rotatable bonds is 5.